The second-order valence-electron chi connectivity index (χ2n) is 5.30. The highest BCUT2D eigenvalue weighted by atomic mass is 35.5. The molecule has 0 N–H and O–H groups in total. The lowest BCUT2D eigenvalue weighted by atomic mass is 9.88. The Balaban J connectivity index is 2.66. The first-order chi connectivity index (χ1) is 7.28. The van der Waals surface area contributed by atoms with Crippen molar-refractivity contribution < 1.29 is 8.78 Å². The first-order valence-electron chi connectivity index (χ1n) is 5.36. The Morgan fingerprint density at radius 3 is 2.38 bits per heavy atom. The largest absolute Gasteiger partial charge is 0.207 e. The minimum absolute atomic E-state index is 0.114. The molecule has 1 unspecified atom stereocenters. The van der Waals surface area contributed by atoms with Crippen molar-refractivity contribution in [3.05, 3.63) is 35.4 Å². The SMILES string of the molecule is CC(C)(C)CC(Cl)Cc1ccc(F)cc1F. The van der Waals surface area contributed by atoms with Crippen molar-refractivity contribution in [1.29, 1.82) is 0 Å². The van der Waals surface area contributed by atoms with E-state index in [9.17, 15) is 8.78 Å². The Bertz CT molecular complexity index is 355. The zero-order chi connectivity index (χ0) is 12.3. The highest BCUT2D eigenvalue weighted by Gasteiger charge is 2.18. The molecule has 0 saturated heterocycles. The summed E-state index contributed by atoms with van der Waals surface area (Å²) in [5.74, 6) is -1.07. The molecule has 0 nitrogen and oxygen atoms in total. The van der Waals surface area contributed by atoms with Gasteiger partial charge in [-0.3, -0.25) is 0 Å². The molecule has 0 spiro atoms. The first kappa shape index (κ1) is 13.4. The minimum Gasteiger partial charge on any atom is -0.207 e. The summed E-state index contributed by atoms with van der Waals surface area (Å²) in [7, 11) is 0. The van der Waals surface area contributed by atoms with Crippen molar-refractivity contribution in [2.24, 2.45) is 5.41 Å². The lowest BCUT2D eigenvalue weighted by Crippen LogP contribution is -2.15. The lowest BCUT2D eigenvalue weighted by Gasteiger charge is -2.21. The molecule has 0 aliphatic carbocycles. The van der Waals surface area contributed by atoms with E-state index in [4.69, 9.17) is 11.6 Å². The van der Waals surface area contributed by atoms with E-state index in [-0.39, 0.29) is 10.8 Å². The third kappa shape index (κ3) is 4.48. The van der Waals surface area contributed by atoms with Gasteiger partial charge in [-0.1, -0.05) is 26.8 Å². The van der Waals surface area contributed by atoms with Crippen LogP contribution >= 0.6 is 11.6 Å². The van der Waals surface area contributed by atoms with E-state index >= 15 is 0 Å². The average molecular weight is 247 g/mol. The zero-order valence-corrected chi connectivity index (χ0v) is 10.6. The average Bonchev–Trinajstić information content (AvgIpc) is 2.06. The molecule has 3 heteroatoms. The van der Waals surface area contributed by atoms with Gasteiger partial charge in [-0.25, -0.2) is 8.78 Å². The third-order valence-corrected chi connectivity index (χ3v) is 2.60. The fourth-order valence-electron chi connectivity index (χ4n) is 1.66. The van der Waals surface area contributed by atoms with E-state index in [2.05, 4.69) is 20.8 Å². The maximum Gasteiger partial charge on any atom is 0.129 e. The van der Waals surface area contributed by atoms with Crippen LogP contribution in [0.15, 0.2) is 18.2 Å². The monoisotopic (exact) mass is 246 g/mol. The quantitative estimate of drug-likeness (QED) is 0.687. The Morgan fingerprint density at radius 1 is 1.25 bits per heavy atom. The number of rotatable bonds is 3. The zero-order valence-electron chi connectivity index (χ0n) is 9.86. The van der Waals surface area contributed by atoms with Crippen LogP contribution in [0, 0.1) is 17.0 Å². The van der Waals surface area contributed by atoms with Gasteiger partial charge in [0.1, 0.15) is 11.6 Å². The minimum atomic E-state index is -0.553. The van der Waals surface area contributed by atoms with E-state index in [1.54, 1.807) is 0 Å². The fourth-order valence-corrected chi connectivity index (χ4v) is 2.29. The van der Waals surface area contributed by atoms with E-state index < -0.39 is 11.6 Å². The summed E-state index contributed by atoms with van der Waals surface area (Å²) in [6.45, 7) is 6.26. The van der Waals surface area contributed by atoms with Crippen molar-refractivity contribution in [3.8, 4) is 0 Å². The van der Waals surface area contributed by atoms with Crippen LogP contribution in [0.3, 0.4) is 0 Å². The molecule has 0 aliphatic heterocycles. The van der Waals surface area contributed by atoms with E-state index in [1.165, 1.54) is 12.1 Å². The molecular weight excluding hydrogens is 230 g/mol. The highest BCUT2D eigenvalue weighted by molar-refractivity contribution is 6.20. The molecule has 0 radical (unpaired) electrons. The third-order valence-electron chi connectivity index (χ3n) is 2.29. The van der Waals surface area contributed by atoms with Crippen LogP contribution in [0.4, 0.5) is 8.78 Å². The van der Waals surface area contributed by atoms with Crippen LogP contribution in [0.1, 0.15) is 32.8 Å². The molecule has 1 atom stereocenters. The van der Waals surface area contributed by atoms with Crippen molar-refractivity contribution in [2.75, 3.05) is 0 Å². The number of hydrogen-bond donors (Lipinski definition) is 0. The van der Waals surface area contributed by atoms with Crippen LogP contribution in [0.25, 0.3) is 0 Å². The predicted molar refractivity (Wildman–Crippen MR) is 63.8 cm³/mol. The molecule has 0 fully saturated rings. The van der Waals surface area contributed by atoms with Crippen molar-refractivity contribution in [2.45, 2.75) is 39.0 Å². The van der Waals surface area contributed by atoms with Gasteiger partial charge >= 0.3 is 0 Å². The van der Waals surface area contributed by atoms with Crippen LogP contribution in [0.5, 0.6) is 0 Å². The summed E-state index contributed by atoms with van der Waals surface area (Å²) in [6.07, 6.45) is 1.23. The lowest BCUT2D eigenvalue weighted by molar-refractivity contribution is 0.368. The van der Waals surface area contributed by atoms with Crippen molar-refractivity contribution in [3.63, 3.8) is 0 Å². The van der Waals surface area contributed by atoms with Crippen LogP contribution < -0.4 is 0 Å². The van der Waals surface area contributed by atoms with Crippen LogP contribution in [0.2, 0.25) is 0 Å². The van der Waals surface area contributed by atoms with Crippen molar-refractivity contribution in [1.82, 2.24) is 0 Å². The number of hydrogen-bond acceptors (Lipinski definition) is 0. The van der Waals surface area contributed by atoms with Gasteiger partial charge in [0.15, 0.2) is 0 Å². The Hall–Kier alpha value is -0.630. The highest BCUT2D eigenvalue weighted by Crippen LogP contribution is 2.26. The van der Waals surface area contributed by atoms with Gasteiger partial charge in [-0.2, -0.15) is 0 Å². The second kappa shape index (κ2) is 5.13. The van der Waals surface area contributed by atoms with Gasteiger partial charge in [0.25, 0.3) is 0 Å². The molecule has 90 valence electrons. The predicted octanol–water partition coefficient (Wildman–Crippen LogP) is 4.55. The standard InChI is InChI=1S/C13H17ClF2/c1-13(2,3)8-10(14)6-9-4-5-11(15)7-12(9)16/h4-5,7,10H,6,8H2,1-3H3. The molecule has 1 rings (SSSR count). The second-order valence-corrected chi connectivity index (χ2v) is 5.92. The van der Waals surface area contributed by atoms with Crippen LogP contribution in [-0.2, 0) is 6.42 Å². The molecule has 0 saturated carbocycles. The van der Waals surface area contributed by atoms with E-state index in [1.807, 2.05) is 0 Å². The molecule has 16 heavy (non-hydrogen) atoms. The van der Waals surface area contributed by atoms with Gasteiger partial charge in [0.2, 0.25) is 0 Å². The Morgan fingerprint density at radius 2 is 1.88 bits per heavy atom. The molecule has 0 bridgehead atoms. The van der Waals surface area contributed by atoms with Gasteiger partial charge in [0.05, 0.1) is 0 Å². The summed E-state index contributed by atoms with van der Waals surface area (Å²) >= 11 is 6.15. The normalized spacial score (nSPS) is 13.9. The number of halogens is 3. The van der Waals surface area contributed by atoms with E-state index in [0.29, 0.717) is 12.0 Å². The maximum atomic E-state index is 13.3. The summed E-state index contributed by atoms with van der Waals surface area (Å²) in [5, 5.41) is -0.125. The molecule has 0 amide bonds. The Kier molecular flexibility index (Phi) is 4.31. The molecule has 0 aromatic heterocycles. The summed E-state index contributed by atoms with van der Waals surface area (Å²) < 4.78 is 26.0. The first-order valence-corrected chi connectivity index (χ1v) is 5.79. The fraction of sp³-hybridized carbons (Fsp3) is 0.538. The van der Waals surface area contributed by atoms with Gasteiger partial charge in [-0.05, 0) is 29.9 Å². The number of alkyl halides is 1. The summed E-state index contributed by atoms with van der Waals surface area (Å²) in [4.78, 5) is 0. The van der Waals surface area contributed by atoms with Gasteiger partial charge < -0.3 is 0 Å². The Labute approximate surface area is 101 Å². The molecule has 1 aromatic carbocycles. The van der Waals surface area contributed by atoms with Gasteiger partial charge in [0, 0.05) is 11.4 Å². The molecule has 0 aliphatic rings. The molecular formula is C13H17ClF2. The van der Waals surface area contributed by atoms with Gasteiger partial charge in [-0.15, -0.1) is 11.6 Å². The maximum absolute atomic E-state index is 13.3. The topological polar surface area (TPSA) is 0 Å². The van der Waals surface area contributed by atoms with Crippen molar-refractivity contribution >= 4 is 11.6 Å². The molecule has 1 aromatic rings. The summed E-state index contributed by atoms with van der Waals surface area (Å²) in [6, 6.07) is 3.62. The molecule has 0 heterocycles. The van der Waals surface area contributed by atoms with E-state index in [0.717, 1.165) is 12.5 Å². The number of benzene rings is 1. The smallest absolute Gasteiger partial charge is 0.129 e. The van der Waals surface area contributed by atoms with Crippen LogP contribution in [-0.4, -0.2) is 5.38 Å². The summed E-state index contributed by atoms with van der Waals surface area (Å²) in [5.41, 5.74) is 0.591.